The van der Waals surface area contributed by atoms with Crippen molar-refractivity contribution in [2.45, 2.75) is 44.2 Å². The van der Waals surface area contributed by atoms with Crippen molar-refractivity contribution in [1.82, 2.24) is 5.32 Å². The fourth-order valence-electron chi connectivity index (χ4n) is 4.08. The van der Waals surface area contributed by atoms with E-state index in [2.05, 4.69) is 28.8 Å². The molecule has 3 nitrogen and oxygen atoms in total. The third kappa shape index (κ3) is 2.50. The van der Waals surface area contributed by atoms with E-state index >= 15 is 0 Å². The summed E-state index contributed by atoms with van der Waals surface area (Å²) in [6, 6.07) is 14.8. The molecule has 1 saturated heterocycles. The smallest absolute Gasteiger partial charge is 0.241 e. The molecule has 1 saturated carbocycles. The molecule has 1 aliphatic carbocycles. The number of carbonyl (C=O) groups excluding carboxylic acids is 1. The van der Waals surface area contributed by atoms with E-state index in [0.29, 0.717) is 12.0 Å². The molecule has 2 N–H and O–H groups in total. The average Bonchev–Trinajstić information content (AvgIpc) is 2.99. The van der Waals surface area contributed by atoms with Gasteiger partial charge in [0.2, 0.25) is 5.91 Å². The van der Waals surface area contributed by atoms with E-state index in [-0.39, 0.29) is 11.9 Å². The van der Waals surface area contributed by atoms with Crippen molar-refractivity contribution >= 4 is 22.4 Å². The number of fused-ring (bicyclic) bond motifs is 2. The van der Waals surface area contributed by atoms with Gasteiger partial charge in [-0.1, -0.05) is 49.2 Å². The molecule has 1 amide bonds. The molecule has 0 bridgehead atoms. The summed E-state index contributed by atoms with van der Waals surface area (Å²) in [5, 5.41) is 8.95. The zero-order valence-corrected chi connectivity index (χ0v) is 12.7. The fourth-order valence-corrected chi connectivity index (χ4v) is 4.08. The molecular formula is C19H22N2O. The van der Waals surface area contributed by atoms with E-state index in [9.17, 15) is 4.79 Å². The van der Waals surface area contributed by atoms with Crippen LogP contribution in [0.15, 0.2) is 42.5 Å². The highest BCUT2D eigenvalue weighted by molar-refractivity contribution is 6.03. The van der Waals surface area contributed by atoms with Crippen molar-refractivity contribution < 1.29 is 4.79 Å². The molecule has 1 heterocycles. The monoisotopic (exact) mass is 294 g/mol. The van der Waals surface area contributed by atoms with Gasteiger partial charge < -0.3 is 10.6 Å². The van der Waals surface area contributed by atoms with Crippen LogP contribution >= 0.6 is 0 Å². The Labute approximate surface area is 131 Å². The Kier molecular flexibility index (Phi) is 3.59. The number of carbonyl (C=O) groups is 1. The lowest BCUT2D eigenvalue weighted by Gasteiger charge is -2.24. The zero-order chi connectivity index (χ0) is 14.9. The Bertz CT molecular complexity index is 677. The molecule has 2 aromatic rings. The van der Waals surface area contributed by atoms with Crippen LogP contribution in [0.1, 0.15) is 32.1 Å². The number of hydrogen-bond donors (Lipinski definition) is 2. The molecule has 1 aliphatic heterocycles. The molecule has 3 unspecified atom stereocenters. The van der Waals surface area contributed by atoms with Gasteiger partial charge in [0.25, 0.3) is 0 Å². The minimum absolute atomic E-state index is 0.0351. The van der Waals surface area contributed by atoms with Gasteiger partial charge in [0.15, 0.2) is 0 Å². The highest BCUT2D eigenvalue weighted by Gasteiger charge is 2.38. The molecule has 22 heavy (non-hydrogen) atoms. The Morgan fingerprint density at radius 2 is 1.86 bits per heavy atom. The zero-order valence-electron chi connectivity index (χ0n) is 12.7. The number of nitrogens with one attached hydrogen (secondary N) is 2. The SMILES string of the molecule is O=C(Nc1cccc2ccccc12)C1CC2CCCCC2N1. The summed E-state index contributed by atoms with van der Waals surface area (Å²) in [5.74, 6) is 0.808. The molecule has 0 radical (unpaired) electrons. The van der Waals surface area contributed by atoms with Crippen molar-refractivity contribution in [1.29, 1.82) is 0 Å². The summed E-state index contributed by atoms with van der Waals surface area (Å²) >= 11 is 0. The molecule has 114 valence electrons. The van der Waals surface area contributed by atoms with Crippen LogP contribution in [-0.4, -0.2) is 18.0 Å². The van der Waals surface area contributed by atoms with E-state index in [1.807, 2.05) is 24.3 Å². The molecule has 2 aliphatic rings. The Morgan fingerprint density at radius 1 is 1.05 bits per heavy atom. The predicted octanol–water partition coefficient (Wildman–Crippen LogP) is 3.70. The Morgan fingerprint density at radius 3 is 2.77 bits per heavy atom. The fraction of sp³-hybridized carbons (Fsp3) is 0.421. The molecule has 2 fully saturated rings. The van der Waals surface area contributed by atoms with Gasteiger partial charge in [-0.05, 0) is 36.6 Å². The van der Waals surface area contributed by atoms with E-state index in [4.69, 9.17) is 0 Å². The van der Waals surface area contributed by atoms with Crippen LogP contribution in [0.25, 0.3) is 10.8 Å². The Hall–Kier alpha value is -1.87. The maximum Gasteiger partial charge on any atom is 0.241 e. The number of amides is 1. The third-order valence-electron chi connectivity index (χ3n) is 5.23. The van der Waals surface area contributed by atoms with Crippen LogP contribution in [0, 0.1) is 5.92 Å². The lowest BCUT2D eigenvalue weighted by atomic mass is 9.85. The summed E-state index contributed by atoms with van der Waals surface area (Å²) in [5.41, 5.74) is 0.916. The van der Waals surface area contributed by atoms with Crippen LogP contribution in [0.3, 0.4) is 0 Å². The van der Waals surface area contributed by atoms with Gasteiger partial charge in [-0.3, -0.25) is 4.79 Å². The van der Waals surface area contributed by atoms with Gasteiger partial charge in [-0.2, -0.15) is 0 Å². The summed E-state index contributed by atoms with van der Waals surface area (Å²) in [6.07, 6.45) is 6.10. The molecule has 2 aromatic carbocycles. The molecular weight excluding hydrogens is 272 g/mol. The highest BCUT2D eigenvalue weighted by Crippen LogP contribution is 2.33. The molecule has 4 rings (SSSR count). The topological polar surface area (TPSA) is 41.1 Å². The first-order chi connectivity index (χ1) is 10.8. The first-order valence-corrected chi connectivity index (χ1v) is 8.36. The van der Waals surface area contributed by atoms with Crippen molar-refractivity contribution in [3.63, 3.8) is 0 Å². The van der Waals surface area contributed by atoms with Crippen LogP contribution in [-0.2, 0) is 4.79 Å². The van der Waals surface area contributed by atoms with E-state index < -0.39 is 0 Å². The number of anilines is 1. The van der Waals surface area contributed by atoms with Gasteiger partial charge in [-0.15, -0.1) is 0 Å². The average molecular weight is 294 g/mol. The largest absolute Gasteiger partial charge is 0.324 e. The van der Waals surface area contributed by atoms with Crippen molar-refractivity contribution in [3.05, 3.63) is 42.5 Å². The lowest BCUT2D eigenvalue weighted by Crippen LogP contribution is -2.39. The summed E-state index contributed by atoms with van der Waals surface area (Å²) in [4.78, 5) is 12.6. The van der Waals surface area contributed by atoms with Crippen molar-refractivity contribution in [2.24, 2.45) is 5.92 Å². The van der Waals surface area contributed by atoms with Gasteiger partial charge in [0.05, 0.1) is 6.04 Å². The summed E-state index contributed by atoms with van der Waals surface area (Å²) < 4.78 is 0. The van der Waals surface area contributed by atoms with E-state index in [1.165, 1.54) is 25.7 Å². The predicted molar refractivity (Wildman–Crippen MR) is 89.9 cm³/mol. The second kappa shape index (κ2) is 5.73. The van der Waals surface area contributed by atoms with Crippen molar-refractivity contribution in [3.8, 4) is 0 Å². The number of hydrogen-bond acceptors (Lipinski definition) is 2. The summed E-state index contributed by atoms with van der Waals surface area (Å²) in [7, 11) is 0. The maximum absolute atomic E-state index is 12.6. The van der Waals surface area contributed by atoms with Gasteiger partial charge in [0.1, 0.15) is 0 Å². The van der Waals surface area contributed by atoms with Crippen LogP contribution in [0.5, 0.6) is 0 Å². The standard InChI is InChI=1S/C19H22N2O/c22-19(18-12-14-7-2-4-10-16(14)20-18)21-17-11-5-8-13-6-1-3-9-15(13)17/h1,3,5-6,8-9,11,14,16,18,20H,2,4,7,10,12H2,(H,21,22). The third-order valence-corrected chi connectivity index (χ3v) is 5.23. The van der Waals surface area contributed by atoms with Crippen LogP contribution in [0.2, 0.25) is 0 Å². The van der Waals surface area contributed by atoms with E-state index in [0.717, 1.165) is 22.9 Å². The second-order valence-corrected chi connectivity index (χ2v) is 6.62. The minimum Gasteiger partial charge on any atom is -0.324 e. The quantitative estimate of drug-likeness (QED) is 0.886. The summed E-state index contributed by atoms with van der Waals surface area (Å²) in [6.45, 7) is 0. The van der Waals surface area contributed by atoms with Gasteiger partial charge in [-0.25, -0.2) is 0 Å². The lowest BCUT2D eigenvalue weighted by molar-refractivity contribution is -0.117. The molecule has 3 heteroatoms. The van der Waals surface area contributed by atoms with Gasteiger partial charge in [0, 0.05) is 17.1 Å². The van der Waals surface area contributed by atoms with E-state index in [1.54, 1.807) is 0 Å². The van der Waals surface area contributed by atoms with Crippen LogP contribution in [0.4, 0.5) is 5.69 Å². The number of benzene rings is 2. The van der Waals surface area contributed by atoms with Gasteiger partial charge >= 0.3 is 0 Å². The molecule has 0 spiro atoms. The first-order valence-electron chi connectivity index (χ1n) is 8.36. The van der Waals surface area contributed by atoms with Crippen LogP contribution < -0.4 is 10.6 Å². The Balaban J connectivity index is 1.52. The molecule has 3 atom stereocenters. The number of rotatable bonds is 2. The highest BCUT2D eigenvalue weighted by atomic mass is 16.2. The maximum atomic E-state index is 12.6. The first kappa shape index (κ1) is 13.8. The minimum atomic E-state index is -0.0351. The normalized spacial score (nSPS) is 27.5. The van der Waals surface area contributed by atoms with Crippen molar-refractivity contribution in [2.75, 3.05) is 5.32 Å². The second-order valence-electron chi connectivity index (χ2n) is 6.62. The molecule has 0 aromatic heterocycles.